The van der Waals surface area contributed by atoms with Crippen LogP contribution in [0.1, 0.15) is 45.2 Å². The van der Waals surface area contributed by atoms with E-state index in [0.717, 1.165) is 30.5 Å². The van der Waals surface area contributed by atoms with E-state index in [9.17, 15) is 38.6 Å². The maximum absolute atomic E-state index is 13.5. The number of hydrogen-bond donors (Lipinski definition) is 1. The molecule has 238 valence electrons. The summed E-state index contributed by atoms with van der Waals surface area (Å²) in [6.07, 6.45) is 0.892. The molecule has 0 saturated heterocycles. The zero-order chi connectivity index (χ0) is 33.8. The van der Waals surface area contributed by atoms with E-state index in [1.165, 1.54) is 6.92 Å². The molecule has 2 aromatic rings. The average molecular weight is 663 g/mol. The van der Waals surface area contributed by atoms with Crippen LogP contribution in [0.25, 0.3) is 0 Å². The third kappa shape index (κ3) is 10.2. The third-order valence-electron chi connectivity index (χ3n) is 5.20. The van der Waals surface area contributed by atoms with Crippen molar-refractivity contribution in [2.45, 2.75) is 39.7 Å². The fourth-order valence-corrected chi connectivity index (χ4v) is 3.54. The first-order chi connectivity index (χ1) is 20.5. The van der Waals surface area contributed by atoms with Crippen LogP contribution in [0.4, 0.5) is 20.2 Å². The van der Waals surface area contributed by atoms with E-state index in [1.54, 1.807) is 20.8 Å². The number of benzene rings is 2. The zero-order valence-corrected chi connectivity index (χ0v) is 25.1. The molecule has 14 nitrogen and oxygen atoms in total. The first-order valence-corrected chi connectivity index (χ1v) is 13.0. The molecule has 1 N–H and O–H groups in total. The van der Waals surface area contributed by atoms with Gasteiger partial charge in [0.15, 0.2) is 0 Å². The largest absolute Gasteiger partial charge is 0.463 e. The van der Waals surface area contributed by atoms with Crippen molar-refractivity contribution >= 4 is 58.4 Å². The Kier molecular flexibility index (Phi) is 14.3. The summed E-state index contributed by atoms with van der Waals surface area (Å²) in [5.74, 6) is -3.00. The second-order valence-corrected chi connectivity index (χ2v) is 9.44. The van der Waals surface area contributed by atoms with Crippen molar-refractivity contribution in [2.75, 3.05) is 13.2 Å². The van der Waals surface area contributed by atoms with E-state index in [0.29, 0.717) is 12.2 Å². The highest BCUT2D eigenvalue weighted by Gasteiger charge is 2.44. The first-order valence-electron chi connectivity index (χ1n) is 12.2. The average Bonchev–Trinajstić information content (AvgIpc) is 3.34. The molecule has 0 bridgehead atoms. The van der Waals surface area contributed by atoms with E-state index in [4.69, 9.17) is 38.0 Å². The number of rotatable bonds is 8. The highest BCUT2D eigenvalue weighted by Crippen LogP contribution is 2.33. The molecule has 1 heterocycles. The summed E-state index contributed by atoms with van der Waals surface area (Å²) in [5.41, 5.74) is -1.91. The predicted molar refractivity (Wildman–Crippen MR) is 154 cm³/mol. The zero-order valence-electron chi connectivity index (χ0n) is 23.6. The van der Waals surface area contributed by atoms with Crippen molar-refractivity contribution in [3.8, 4) is 0 Å². The fraction of sp³-hybridized carbons (Fsp3) is 0.308. The second kappa shape index (κ2) is 16.8. The number of ether oxygens (including phenoxy) is 2. The number of hydrogen-bond acceptors (Lipinski definition) is 12. The molecule has 0 radical (unpaired) electrons. The summed E-state index contributed by atoms with van der Waals surface area (Å²) in [6, 6.07) is 3.47. The van der Waals surface area contributed by atoms with Gasteiger partial charge < -0.3 is 19.5 Å². The fourth-order valence-electron chi connectivity index (χ4n) is 3.09. The lowest BCUT2D eigenvalue weighted by atomic mass is 9.95. The monoisotopic (exact) mass is 662 g/mol. The molecule has 44 heavy (non-hydrogen) atoms. The molecule has 1 unspecified atom stereocenters. The number of carbonyl (C=O) groups is 2. The minimum absolute atomic E-state index is 0.00827. The lowest BCUT2D eigenvalue weighted by Crippen LogP contribution is -2.37. The van der Waals surface area contributed by atoms with Crippen LogP contribution in [0.15, 0.2) is 46.7 Å². The quantitative estimate of drug-likeness (QED) is 0.0854. The minimum atomic E-state index is -1.34. The molecular weight excluding hydrogens is 637 g/mol. The Morgan fingerprint density at radius 3 is 2.07 bits per heavy atom. The highest BCUT2D eigenvalue weighted by atomic mass is 35.5. The van der Waals surface area contributed by atoms with Gasteiger partial charge in [0.2, 0.25) is 17.2 Å². The van der Waals surface area contributed by atoms with Gasteiger partial charge in [-0.2, -0.15) is 8.78 Å². The number of nitrogens with zero attached hydrogens (tertiary/aromatic N) is 4. The number of nitro groups is 2. The molecule has 0 aromatic heterocycles. The van der Waals surface area contributed by atoms with Crippen LogP contribution in [-0.4, -0.2) is 57.7 Å². The van der Waals surface area contributed by atoms with Crippen molar-refractivity contribution in [3.63, 3.8) is 0 Å². The van der Waals surface area contributed by atoms with Gasteiger partial charge in [-0.15, -0.1) is 0 Å². The van der Waals surface area contributed by atoms with Gasteiger partial charge in [0.1, 0.15) is 0 Å². The topological polar surface area (TPSA) is 193 Å². The van der Waals surface area contributed by atoms with Crippen LogP contribution in [0.5, 0.6) is 0 Å². The summed E-state index contributed by atoms with van der Waals surface area (Å²) >= 11 is 11.4. The van der Waals surface area contributed by atoms with Gasteiger partial charge in [0, 0.05) is 47.4 Å². The molecule has 3 rings (SSSR count). The maximum Gasteiger partial charge on any atom is 0.353 e. The Hall–Kier alpha value is -4.70. The van der Waals surface area contributed by atoms with Crippen molar-refractivity contribution in [1.82, 2.24) is 0 Å². The maximum atomic E-state index is 13.5. The lowest BCUT2D eigenvalue weighted by Gasteiger charge is -2.18. The van der Waals surface area contributed by atoms with E-state index < -0.39 is 44.4 Å². The van der Waals surface area contributed by atoms with Crippen molar-refractivity contribution < 1.29 is 47.7 Å². The number of halogens is 4. The van der Waals surface area contributed by atoms with Crippen LogP contribution < -0.4 is 0 Å². The van der Waals surface area contributed by atoms with Crippen LogP contribution in [0, 0.1) is 31.9 Å². The minimum Gasteiger partial charge on any atom is -0.463 e. The Balaban J connectivity index is 0.000000375. The number of carbonyl (C=O) groups excluding carboxylic acids is 2. The summed E-state index contributed by atoms with van der Waals surface area (Å²) in [5, 5.41) is 35.6. The number of esters is 2. The Morgan fingerprint density at radius 1 is 1.09 bits per heavy atom. The van der Waals surface area contributed by atoms with Gasteiger partial charge in [-0.1, -0.05) is 40.1 Å². The Morgan fingerprint density at radius 2 is 1.61 bits per heavy atom. The van der Waals surface area contributed by atoms with Crippen LogP contribution in [0.2, 0.25) is 10.0 Å². The van der Waals surface area contributed by atoms with Crippen LogP contribution >= 0.6 is 23.2 Å². The van der Waals surface area contributed by atoms with E-state index in [1.807, 2.05) is 0 Å². The summed E-state index contributed by atoms with van der Waals surface area (Å²) in [7, 11) is 0. The molecular formula is C26H26Cl2F2N4O10. The van der Waals surface area contributed by atoms with Gasteiger partial charge in [0.05, 0.1) is 45.0 Å². The van der Waals surface area contributed by atoms with E-state index in [-0.39, 0.29) is 45.9 Å². The van der Waals surface area contributed by atoms with Crippen LogP contribution in [-0.2, 0) is 23.9 Å². The van der Waals surface area contributed by atoms with E-state index in [2.05, 4.69) is 21.6 Å². The second-order valence-electron chi connectivity index (χ2n) is 8.63. The molecule has 2 aromatic carbocycles. The third-order valence-corrected chi connectivity index (χ3v) is 5.84. The molecule has 0 saturated carbocycles. The molecule has 1 atom stereocenters. The van der Waals surface area contributed by atoms with Gasteiger partial charge in [-0.05, 0) is 27.7 Å². The smallest absolute Gasteiger partial charge is 0.353 e. The predicted octanol–water partition coefficient (Wildman–Crippen LogP) is 6.15. The summed E-state index contributed by atoms with van der Waals surface area (Å²) in [4.78, 5) is 46.7. The van der Waals surface area contributed by atoms with Gasteiger partial charge >= 0.3 is 23.3 Å². The standard InChI is InChI=1S/C13H12ClFN2O5.C7H4ClFN2O3.C6H10O2/c1-3-21-12(18)13(2)6-10(16-22-13)7-4-11(17(19)20)9(15)5-8(7)14;8-5-2-6(9)7(11(13)14)1-4(5)3-10-12;1-4-8-6(7)5(2)3/h4-5H,3,6H2,1-2H3;1-3,12H;2,4H2,1,3H3/b;10-3+;. The summed E-state index contributed by atoms with van der Waals surface area (Å²) in [6.45, 7) is 10.5. The first kappa shape index (κ1) is 37.3. The van der Waals surface area contributed by atoms with Crippen LogP contribution in [0.3, 0.4) is 0 Å². The molecule has 1 aliphatic heterocycles. The number of nitro benzene ring substituents is 2. The highest BCUT2D eigenvalue weighted by molar-refractivity contribution is 6.34. The Labute approximate surface area is 258 Å². The molecule has 0 fully saturated rings. The van der Waals surface area contributed by atoms with Gasteiger partial charge in [-0.25, -0.2) is 9.59 Å². The van der Waals surface area contributed by atoms with Crippen molar-refractivity contribution in [2.24, 2.45) is 10.3 Å². The molecule has 0 aliphatic carbocycles. The van der Waals surface area contributed by atoms with Gasteiger partial charge in [0.25, 0.3) is 0 Å². The Bertz CT molecular complexity index is 1500. The van der Waals surface area contributed by atoms with E-state index >= 15 is 0 Å². The molecule has 0 spiro atoms. The van der Waals surface area contributed by atoms with Gasteiger partial charge in [-0.3, -0.25) is 20.2 Å². The molecule has 1 aliphatic rings. The van der Waals surface area contributed by atoms with Crippen molar-refractivity contribution in [3.05, 3.63) is 89.5 Å². The molecule has 18 heteroatoms. The lowest BCUT2D eigenvalue weighted by molar-refractivity contribution is -0.387. The SMILES string of the molecule is C=C(C)C(=O)OCC.CCOC(=O)C1(C)CC(c2cc([N+](=O)[O-])c(F)cc2Cl)=NO1.O=[N+]([O-])c1cc(/C=N/O)c(Cl)cc1F. The summed E-state index contributed by atoms with van der Waals surface area (Å²) < 4.78 is 35.8. The molecule has 0 amide bonds. The van der Waals surface area contributed by atoms with Crippen molar-refractivity contribution in [1.29, 1.82) is 0 Å². The normalized spacial score (nSPS) is 15.0. The number of oxime groups is 2.